The van der Waals surface area contributed by atoms with Crippen LogP contribution in [-0.4, -0.2) is 54.0 Å². The van der Waals surface area contributed by atoms with Crippen LogP contribution in [0.5, 0.6) is 0 Å². The number of aromatic nitrogens is 1. The predicted molar refractivity (Wildman–Crippen MR) is 178 cm³/mol. The van der Waals surface area contributed by atoms with E-state index in [1.807, 2.05) is 42.5 Å². The van der Waals surface area contributed by atoms with Crippen LogP contribution < -0.4 is 4.90 Å². The summed E-state index contributed by atoms with van der Waals surface area (Å²) in [5.41, 5.74) is 2.51. The number of carbonyl (C=O) groups is 2. The molecule has 0 N–H and O–H groups in total. The van der Waals surface area contributed by atoms with E-state index in [2.05, 4.69) is 32.6 Å². The summed E-state index contributed by atoms with van der Waals surface area (Å²) in [6.45, 7) is 12.7. The molecule has 2 atom stereocenters. The molecule has 2 aromatic rings. The number of carbonyl (C=O) groups excluding carboxylic acids is 2. The van der Waals surface area contributed by atoms with Crippen LogP contribution in [0.2, 0.25) is 0 Å². The molecule has 0 spiro atoms. The minimum Gasteiger partial charge on any atom is -0.348 e. The minimum atomic E-state index is -0.595. The van der Waals surface area contributed by atoms with Gasteiger partial charge in [-0.1, -0.05) is 108 Å². The Balaban J connectivity index is 2.19. The Morgan fingerprint density at radius 3 is 2.02 bits per heavy atom. The van der Waals surface area contributed by atoms with E-state index in [0.717, 1.165) is 52.2 Å². The Bertz CT molecular complexity index is 1320. The molecule has 1 aliphatic rings. The van der Waals surface area contributed by atoms with Crippen LogP contribution in [0, 0.1) is 23.2 Å². The molecule has 0 radical (unpaired) electrons. The Kier molecular flexibility index (Phi) is 13.2. The number of benzene rings is 1. The van der Waals surface area contributed by atoms with Gasteiger partial charge in [-0.05, 0) is 43.3 Å². The zero-order chi connectivity index (χ0) is 31.5. The maximum Gasteiger partial charge on any atom is 0.286 e. The molecule has 3 rings (SSSR count). The molecule has 43 heavy (non-hydrogen) atoms. The smallest absolute Gasteiger partial charge is 0.286 e. The van der Waals surface area contributed by atoms with Gasteiger partial charge in [0, 0.05) is 38.3 Å². The first-order valence-electron chi connectivity index (χ1n) is 15.9. The second kappa shape index (κ2) is 16.5. The number of hydrogen-bond acceptors (Lipinski definition) is 7. The van der Waals surface area contributed by atoms with Crippen molar-refractivity contribution in [1.29, 1.82) is 5.26 Å². The van der Waals surface area contributed by atoms with Gasteiger partial charge in [0.05, 0.1) is 10.6 Å². The third-order valence-corrected chi connectivity index (χ3v) is 9.46. The highest BCUT2D eigenvalue weighted by Gasteiger charge is 2.37. The average Bonchev–Trinajstić information content (AvgIpc) is 3.43. The number of nitriles is 1. The SMILES string of the molecule is CCCCC(CC)CN(CC(CC)CCCC)c1nc(-c2ccccc2)c(/C=C2\C(=O)N(N(C)C)C(=O)C(C#N)=C2C)s1. The van der Waals surface area contributed by atoms with Crippen LogP contribution >= 0.6 is 11.3 Å². The minimum absolute atomic E-state index is 0.0180. The third-order valence-electron chi connectivity index (χ3n) is 8.40. The first-order chi connectivity index (χ1) is 20.7. The first kappa shape index (κ1) is 34.2. The van der Waals surface area contributed by atoms with Crippen LogP contribution in [0.15, 0.2) is 47.1 Å². The van der Waals surface area contributed by atoms with E-state index < -0.39 is 11.8 Å². The van der Waals surface area contributed by atoms with Crippen LogP contribution in [0.3, 0.4) is 0 Å². The van der Waals surface area contributed by atoms with Gasteiger partial charge in [0.1, 0.15) is 11.6 Å². The van der Waals surface area contributed by atoms with E-state index in [-0.39, 0.29) is 5.57 Å². The highest BCUT2D eigenvalue weighted by atomic mass is 32.1. The molecule has 2 heterocycles. The van der Waals surface area contributed by atoms with Gasteiger partial charge >= 0.3 is 0 Å². The third kappa shape index (κ3) is 8.43. The van der Waals surface area contributed by atoms with Crippen LogP contribution in [-0.2, 0) is 9.59 Å². The summed E-state index contributed by atoms with van der Waals surface area (Å²) < 4.78 is 0. The van der Waals surface area contributed by atoms with Crippen molar-refractivity contribution < 1.29 is 9.59 Å². The fraction of sp³-hybridized carbons (Fsp3) is 0.543. The van der Waals surface area contributed by atoms with Gasteiger partial charge in [0.15, 0.2) is 5.13 Å². The topological polar surface area (TPSA) is 80.5 Å². The number of imide groups is 1. The highest BCUT2D eigenvalue weighted by Crippen LogP contribution is 2.38. The number of amides is 2. The number of hydrogen-bond donors (Lipinski definition) is 0. The number of nitrogens with zero attached hydrogens (tertiary/aromatic N) is 5. The van der Waals surface area contributed by atoms with Crippen molar-refractivity contribution in [2.75, 3.05) is 32.1 Å². The van der Waals surface area contributed by atoms with Crippen molar-refractivity contribution in [3.05, 3.63) is 51.9 Å². The molecule has 7 nitrogen and oxygen atoms in total. The van der Waals surface area contributed by atoms with Crippen molar-refractivity contribution in [3.63, 3.8) is 0 Å². The number of unbranched alkanes of at least 4 members (excludes halogenated alkanes) is 2. The fourth-order valence-electron chi connectivity index (χ4n) is 5.61. The van der Waals surface area contributed by atoms with Gasteiger partial charge in [-0.25, -0.2) is 15.0 Å². The van der Waals surface area contributed by atoms with E-state index in [1.54, 1.807) is 32.4 Å². The summed E-state index contributed by atoms with van der Waals surface area (Å²) in [6, 6.07) is 12.1. The highest BCUT2D eigenvalue weighted by molar-refractivity contribution is 7.17. The summed E-state index contributed by atoms with van der Waals surface area (Å²) in [5.74, 6) is 0.130. The van der Waals surface area contributed by atoms with Gasteiger partial charge < -0.3 is 4.90 Å². The maximum absolute atomic E-state index is 13.6. The number of thiazole rings is 1. The van der Waals surface area contributed by atoms with Gasteiger partial charge in [-0.2, -0.15) is 5.26 Å². The molecule has 0 saturated heterocycles. The summed E-state index contributed by atoms with van der Waals surface area (Å²) >= 11 is 1.60. The van der Waals surface area contributed by atoms with Crippen molar-refractivity contribution in [1.82, 2.24) is 15.0 Å². The lowest BCUT2D eigenvalue weighted by atomic mass is 9.95. The molecular weight excluding hydrogens is 554 g/mol. The Morgan fingerprint density at radius 2 is 1.53 bits per heavy atom. The summed E-state index contributed by atoms with van der Waals surface area (Å²) in [6.07, 6.45) is 11.3. The molecule has 0 fully saturated rings. The Morgan fingerprint density at radius 1 is 0.953 bits per heavy atom. The largest absolute Gasteiger partial charge is 0.348 e. The molecule has 8 heteroatoms. The van der Waals surface area contributed by atoms with Crippen molar-refractivity contribution in [3.8, 4) is 17.3 Å². The van der Waals surface area contributed by atoms with E-state index in [4.69, 9.17) is 4.98 Å². The lowest BCUT2D eigenvalue weighted by molar-refractivity contribution is -0.155. The summed E-state index contributed by atoms with van der Waals surface area (Å²) in [4.78, 5) is 35.2. The number of anilines is 1. The predicted octanol–water partition coefficient (Wildman–Crippen LogP) is 8.12. The lowest BCUT2D eigenvalue weighted by Gasteiger charge is -2.31. The van der Waals surface area contributed by atoms with Gasteiger partial charge in [0.25, 0.3) is 11.8 Å². The van der Waals surface area contributed by atoms with Gasteiger partial charge in [0.2, 0.25) is 0 Å². The Labute approximate surface area is 262 Å². The first-order valence-corrected chi connectivity index (χ1v) is 16.7. The number of hydrazine groups is 1. The fourth-order valence-corrected chi connectivity index (χ4v) is 6.66. The van der Waals surface area contributed by atoms with Crippen LogP contribution in [0.4, 0.5) is 5.13 Å². The quantitative estimate of drug-likeness (QED) is 0.142. The molecule has 0 saturated carbocycles. The molecule has 232 valence electrons. The molecule has 1 aliphatic heterocycles. The number of rotatable bonds is 16. The molecule has 1 aromatic heterocycles. The van der Waals surface area contributed by atoms with Gasteiger partial charge in [-0.3, -0.25) is 9.59 Å². The van der Waals surface area contributed by atoms with Crippen LogP contribution in [0.1, 0.15) is 90.9 Å². The molecule has 0 aliphatic carbocycles. The van der Waals surface area contributed by atoms with E-state index >= 15 is 0 Å². The van der Waals surface area contributed by atoms with Crippen molar-refractivity contribution in [2.45, 2.75) is 86.0 Å². The maximum atomic E-state index is 13.6. The Hall–Kier alpha value is -3.28. The second-order valence-corrected chi connectivity index (χ2v) is 12.8. The van der Waals surface area contributed by atoms with Crippen LogP contribution in [0.25, 0.3) is 17.3 Å². The summed E-state index contributed by atoms with van der Waals surface area (Å²) in [5, 5.41) is 13.2. The molecule has 1 aromatic carbocycles. The molecule has 2 unspecified atom stereocenters. The monoisotopic (exact) mass is 603 g/mol. The second-order valence-electron chi connectivity index (χ2n) is 11.8. The molecule has 2 amide bonds. The lowest BCUT2D eigenvalue weighted by Crippen LogP contribution is -2.50. The van der Waals surface area contributed by atoms with Crippen molar-refractivity contribution >= 4 is 34.4 Å². The zero-order valence-electron chi connectivity index (χ0n) is 27.2. The average molecular weight is 604 g/mol. The normalized spacial score (nSPS) is 16.3. The van der Waals surface area contributed by atoms with E-state index in [9.17, 15) is 14.9 Å². The summed E-state index contributed by atoms with van der Waals surface area (Å²) in [7, 11) is 3.26. The standard InChI is InChI=1S/C35H49N5O2S/c1-8-12-17-26(10-3)23-39(24-27(11-4)18-13-9-2)35-37-32(28-19-15-14-16-20-28)31(43-35)21-29-25(5)30(22-36)34(42)40(33(29)41)38(6)7/h14-16,19-21,26-27H,8-13,17-18,23-24H2,1-7H3/b29-21-. The van der Waals surface area contributed by atoms with E-state index in [1.165, 1.54) is 43.5 Å². The zero-order valence-corrected chi connectivity index (χ0v) is 28.0. The molecule has 0 bridgehead atoms. The van der Waals surface area contributed by atoms with Gasteiger partial charge in [-0.15, -0.1) is 0 Å². The van der Waals surface area contributed by atoms with Crippen molar-refractivity contribution in [2.24, 2.45) is 11.8 Å². The molecular formula is C35H49N5O2S. The van der Waals surface area contributed by atoms with E-state index in [0.29, 0.717) is 23.0 Å².